The van der Waals surface area contributed by atoms with Crippen molar-refractivity contribution < 1.29 is 13.6 Å². The number of pyridine rings is 1. The number of carbonyl (C=O) groups excluding carboxylic acids is 1. The molecule has 2 amide bonds. The highest BCUT2D eigenvalue weighted by atomic mass is 32.1. The predicted molar refractivity (Wildman–Crippen MR) is 131 cm³/mol. The minimum Gasteiger partial charge on any atom is -0.377 e. The number of hydrogen-bond acceptors (Lipinski definition) is 4. The molecule has 35 heavy (non-hydrogen) atoms. The first kappa shape index (κ1) is 23.4. The fraction of sp³-hybridized carbons (Fsp3) is 0.417. The van der Waals surface area contributed by atoms with Gasteiger partial charge in [-0.25, -0.2) is 23.4 Å². The van der Waals surface area contributed by atoms with Crippen LogP contribution in [0, 0.1) is 11.6 Å². The lowest BCUT2D eigenvalue weighted by molar-refractivity contribution is 0.170. The normalized spacial score (nSPS) is 21.5. The van der Waals surface area contributed by atoms with Crippen molar-refractivity contribution in [3.05, 3.63) is 64.2 Å². The van der Waals surface area contributed by atoms with Crippen molar-refractivity contribution in [2.45, 2.75) is 43.7 Å². The molecule has 1 aromatic carbocycles. The molecule has 0 bridgehead atoms. The molecule has 0 radical (unpaired) electrons. The van der Waals surface area contributed by atoms with Gasteiger partial charge in [0, 0.05) is 37.8 Å². The maximum Gasteiger partial charge on any atom is 0.327 e. The summed E-state index contributed by atoms with van der Waals surface area (Å²) in [6, 6.07) is 7.22. The molecule has 8 nitrogen and oxygen atoms in total. The molecule has 2 aromatic heterocycles. The number of thiocarbonyl (C=S) groups is 1. The van der Waals surface area contributed by atoms with Crippen LogP contribution >= 0.6 is 12.2 Å². The fourth-order valence-corrected chi connectivity index (χ4v) is 5.34. The van der Waals surface area contributed by atoms with Crippen molar-refractivity contribution in [1.29, 1.82) is 0 Å². The number of rotatable bonds is 3. The van der Waals surface area contributed by atoms with Crippen molar-refractivity contribution in [1.82, 2.24) is 30.1 Å². The van der Waals surface area contributed by atoms with Gasteiger partial charge in [0.05, 0.1) is 16.5 Å². The lowest BCUT2D eigenvalue weighted by Gasteiger charge is -2.33. The van der Waals surface area contributed by atoms with Gasteiger partial charge in [0.1, 0.15) is 0 Å². The number of imidazole rings is 1. The summed E-state index contributed by atoms with van der Waals surface area (Å²) < 4.78 is 29.7. The Morgan fingerprint density at radius 3 is 2.71 bits per heavy atom. The van der Waals surface area contributed by atoms with Crippen LogP contribution in [0.2, 0.25) is 0 Å². The Morgan fingerprint density at radius 1 is 1.11 bits per heavy atom. The first-order valence-corrected chi connectivity index (χ1v) is 12.2. The minimum atomic E-state index is -0.867. The van der Waals surface area contributed by atoms with E-state index in [4.69, 9.17) is 12.2 Å². The van der Waals surface area contributed by atoms with E-state index in [1.165, 1.54) is 6.07 Å². The number of halogens is 2. The summed E-state index contributed by atoms with van der Waals surface area (Å²) in [5, 5.41) is 6.11. The molecule has 2 aliphatic rings. The number of hydrogen-bond donors (Lipinski definition) is 3. The lowest BCUT2D eigenvalue weighted by Crippen LogP contribution is -2.51. The number of H-pyrrole nitrogens is 1. The zero-order valence-corrected chi connectivity index (χ0v) is 19.8. The number of amides is 2. The summed E-state index contributed by atoms with van der Waals surface area (Å²) in [5.41, 5.74) is 1.45. The van der Waals surface area contributed by atoms with Gasteiger partial charge in [-0.2, -0.15) is 0 Å². The smallest absolute Gasteiger partial charge is 0.327 e. The van der Waals surface area contributed by atoms with Crippen molar-refractivity contribution in [2.75, 3.05) is 19.6 Å². The SMILES string of the molecule is O=C(NC1CCC(c2cccc(F)c2F)CNC1=S)N1CCC(n2c(=O)[nH]c3ncccc32)CC1. The first-order chi connectivity index (χ1) is 16.9. The van der Waals surface area contributed by atoms with E-state index in [2.05, 4.69) is 20.6 Å². The van der Waals surface area contributed by atoms with E-state index in [0.717, 1.165) is 11.6 Å². The van der Waals surface area contributed by atoms with Gasteiger partial charge in [-0.15, -0.1) is 0 Å². The van der Waals surface area contributed by atoms with Crippen molar-refractivity contribution in [2.24, 2.45) is 0 Å². The molecule has 4 heterocycles. The summed E-state index contributed by atoms with van der Waals surface area (Å²) in [6.45, 7) is 1.38. The number of urea groups is 1. The molecular weight excluding hydrogens is 474 g/mol. The number of piperidine rings is 1. The van der Waals surface area contributed by atoms with Gasteiger partial charge in [-0.3, -0.25) is 9.55 Å². The van der Waals surface area contributed by atoms with Crippen LogP contribution in [0.5, 0.6) is 0 Å². The Bertz CT molecular complexity index is 1320. The van der Waals surface area contributed by atoms with Gasteiger partial charge in [0.15, 0.2) is 17.3 Å². The molecule has 2 saturated heterocycles. The van der Waals surface area contributed by atoms with Crippen LogP contribution < -0.4 is 16.3 Å². The van der Waals surface area contributed by atoms with Gasteiger partial charge < -0.3 is 15.5 Å². The van der Waals surface area contributed by atoms with E-state index < -0.39 is 11.6 Å². The number of nitrogens with one attached hydrogen (secondary N) is 3. The minimum absolute atomic E-state index is 0.0213. The van der Waals surface area contributed by atoms with Crippen molar-refractivity contribution in [3.8, 4) is 0 Å². The van der Waals surface area contributed by atoms with Crippen LogP contribution in [0.4, 0.5) is 13.6 Å². The number of aromatic nitrogens is 3. The Morgan fingerprint density at radius 2 is 1.91 bits per heavy atom. The maximum absolute atomic E-state index is 14.3. The van der Waals surface area contributed by atoms with E-state index in [0.29, 0.717) is 61.5 Å². The second-order valence-electron chi connectivity index (χ2n) is 9.05. The van der Waals surface area contributed by atoms with E-state index in [1.54, 1.807) is 27.8 Å². The molecule has 11 heteroatoms. The predicted octanol–water partition coefficient (Wildman–Crippen LogP) is 3.21. The Hall–Kier alpha value is -3.34. The van der Waals surface area contributed by atoms with Crippen LogP contribution in [-0.4, -0.2) is 56.1 Å². The standard InChI is InChI=1S/C24H26F2N6O2S/c25-17-4-1-3-16(20(17)26)14-6-7-18(22(35)28-13-14)29-23(33)31-11-8-15(9-12-31)32-19-5-2-10-27-21(19)30-24(32)34/h1-5,10,14-15,18H,6-9,11-13H2,(H,28,35)(H,29,33)(H,27,30,34). The largest absolute Gasteiger partial charge is 0.377 e. The van der Waals surface area contributed by atoms with Crippen LogP contribution in [0.25, 0.3) is 11.2 Å². The first-order valence-electron chi connectivity index (χ1n) is 11.7. The Kier molecular flexibility index (Phi) is 6.50. The average molecular weight is 501 g/mol. The number of aromatic amines is 1. The summed E-state index contributed by atoms with van der Waals surface area (Å²) in [5.74, 6) is -1.94. The van der Waals surface area contributed by atoms with E-state index in [1.807, 2.05) is 6.07 Å². The fourth-order valence-electron chi connectivity index (χ4n) is 5.08. The van der Waals surface area contributed by atoms with E-state index in [-0.39, 0.29) is 29.7 Å². The van der Waals surface area contributed by atoms with Crippen LogP contribution in [0.1, 0.15) is 43.2 Å². The van der Waals surface area contributed by atoms with Crippen molar-refractivity contribution >= 4 is 34.4 Å². The molecule has 0 saturated carbocycles. The molecule has 2 atom stereocenters. The van der Waals surface area contributed by atoms with Crippen LogP contribution in [-0.2, 0) is 0 Å². The van der Waals surface area contributed by atoms with Gasteiger partial charge >= 0.3 is 11.7 Å². The van der Waals surface area contributed by atoms with E-state index in [9.17, 15) is 18.4 Å². The second-order valence-corrected chi connectivity index (χ2v) is 9.49. The third kappa shape index (κ3) is 4.64. The third-order valence-electron chi connectivity index (χ3n) is 6.97. The summed E-state index contributed by atoms with van der Waals surface area (Å²) in [4.78, 5) is 34.7. The van der Waals surface area contributed by atoms with Gasteiger partial charge in [0.2, 0.25) is 0 Å². The lowest BCUT2D eigenvalue weighted by atomic mass is 9.93. The number of fused-ring (bicyclic) bond motifs is 1. The second kappa shape index (κ2) is 9.73. The molecular formula is C24H26F2N6O2S. The highest BCUT2D eigenvalue weighted by Crippen LogP contribution is 2.28. The zero-order valence-electron chi connectivity index (χ0n) is 19.0. The highest BCUT2D eigenvalue weighted by Gasteiger charge is 2.30. The summed E-state index contributed by atoms with van der Waals surface area (Å²) >= 11 is 5.47. The monoisotopic (exact) mass is 500 g/mol. The highest BCUT2D eigenvalue weighted by molar-refractivity contribution is 7.80. The molecule has 0 aliphatic carbocycles. The third-order valence-corrected chi connectivity index (χ3v) is 7.40. The molecule has 184 valence electrons. The number of benzene rings is 1. The average Bonchev–Trinajstić information content (AvgIpc) is 3.09. The molecule has 3 N–H and O–H groups in total. The Balaban J connectivity index is 1.19. The Labute approximate surface area is 205 Å². The summed E-state index contributed by atoms with van der Waals surface area (Å²) in [7, 11) is 0. The molecule has 3 aromatic rings. The maximum atomic E-state index is 14.3. The van der Waals surface area contributed by atoms with Gasteiger partial charge in [-0.1, -0.05) is 24.4 Å². The molecule has 2 unspecified atom stereocenters. The summed E-state index contributed by atoms with van der Waals surface area (Å²) in [6.07, 6.45) is 4.00. The number of carbonyl (C=O) groups is 1. The molecule has 5 rings (SSSR count). The molecule has 0 spiro atoms. The van der Waals surface area contributed by atoms with E-state index >= 15 is 0 Å². The van der Waals surface area contributed by atoms with Crippen LogP contribution in [0.3, 0.4) is 0 Å². The van der Waals surface area contributed by atoms with Gasteiger partial charge in [0.25, 0.3) is 0 Å². The molecule has 2 aliphatic heterocycles. The quantitative estimate of drug-likeness (QED) is 0.480. The number of likely N-dealkylation sites (tertiary alicyclic amines) is 1. The zero-order chi connectivity index (χ0) is 24.5. The van der Waals surface area contributed by atoms with Gasteiger partial charge in [-0.05, 0) is 49.4 Å². The number of nitrogens with zero attached hydrogens (tertiary/aromatic N) is 3. The van der Waals surface area contributed by atoms with Crippen molar-refractivity contribution in [3.63, 3.8) is 0 Å². The molecule has 2 fully saturated rings. The topological polar surface area (TPSA) is 95.0 Å². The van der Waals surface area contributed by atoms with Crippen LogP contribution in [0.15, 0.2) is 41.3 Å².